The fraction of sp³-hybridized carbons (Fsp3) is 1.00. The molecule has 1 unspecified atom stereocenters. The van der Waals surface area contributed by atoms with Crippen LogP contribution in [0.5, 0.6) is 0 Å². The Morgan fingerprint density at radius 3 is 2.38 bits per heavy atom. The van der Waals surface area contributed by atoms with Crippen molar-refractivity contribution in [1.82, 2.24) is 0 Å². The van der Waals surface area contributed by atoms with Gasteiger partial charge in [-0.3, -0.25) is 0 Å². The summed E-state index contributed by atoms with van der Waals surface area (Å²) in [6.07, 6.45) is 11.1. The first kappa shape index (κ1) is 14.0. The number of aliphatic hydroxyl groups is 2. The maximum Gasteiger partial charge on any atom is 0.0647 e. The quantitative estimate of drug-likeness (QED) is 0.657. The van der Waals surface area contributed by atoms with Crippen LogP contribution in [0.15, 0.2) is 0 Å². The molecule has 1 aliphatic rings. The van der Waals surface area contributed by atoms with Crippen LogP contribution in [-0.4, -0.2) is 22.4 Å². The van der Waals surface area contributed by atoms with Crippen LogP contribution in [0.1, 0.15) is 71.1 Å². The summed E-state index contributed by atoms with van der Waals surface area (Å²) in [5, 5.41) is 19.4. The van der Waals surface area contributed by atoms with Crippen LogP contribution in [0.4, 0.5) is 0 Å². The maximum absolute atomic E-state index is 10.3. The summed E-state index contributed by atoms with van der Waals surface area (Å²) >= 11 is 0. The van der Waals surface area contributed by atoms with E-state index in [1.54, 1.807) is 0 Å². The van der Waals surface area contributed by atoms with E-state index in [0.717, 1.165) is 44.9 Å². The van der Waals surface area contributed by atoms with E-state index in [4.69, 9.17) is 5.11 Å². The molecule has 0 bridgehead atoms. The van der Waals surface area contributed by atoms with Gasteiger partial charge in [-0.1, -0.05) is 45.4 Å². The van der Waals surface area contributed by atoms with E-state index in [1.165, 1.54) is 19.3 Å². The largest absolute Gasteiger partial charge is 0.396 e. The normalized spacial score (nSPS) is 21.9. The SMILES string of the molecule is CCC(CO)CCCCC1(O)CCCCC1. The molecule has 0 heterocycles. The second kappa shape index (κ2) is 7.29. The fourth-order valence-corrected chi connectivity index (χ4v) is 2.77. The number of unbranched alkanes of at least 4 members (excludes halogenated alkanes) is 1. The van der Waals surface area contributed by atoms with Gasteiger partial charge < -0.3 is 10.2 Å². The molecule has 0 aromatic carbocycles. The highest BCUT2D eigenvalue weighted by atomic mass is 16.3. The summed E-state index contributed by atoms with van der Waals surface area (Å²) in [5.41, 5.74) is -0.348. The van der Waals surface area contributed by atoms with Crippen molar-refractivity contribution in [3.63, 3.8) is 0 Å². The van der Waals surface area contributed by atoms with Crippen molar-refractivity contribution in [2.45, 2.75) is 76.7 Å². The lowest BCUT2D eigenvalue weighted by molar-refractivity contribution is -0.00618. The van der Waals surface area contributed by atoms with Crippen molar-refractivity contribution in [1.29, 1.82) is 0 Å². The van der Waals surface area contributed by atoms with Gasteiger partial charge in [0.15, 0.2) is 0 Å². The zero-order chi connectivity index (χ0) is 11.9. The molecule has 1 fully saturated rings. The van der Waals surface area contributed by atoms with E-state index in [1.807, 2.05) is 0 Å². The van der Waals surface area contributed by atoms with Gasteiger partial charge in [-0.05, 0) is 31.6 Å². The molecule has 0 spiro atoms. The maximum atomic E-state index is 10.3. The molecule has 2 N–H and O–H groups in total. The van der Waals surface area contributed by atoms with E-state index in [2.05, 4.69) is 6.92 Å². The second-order valence-corrected chi connectivity index (χ2v) is 5.49. The van der Waals surface area contributed by atoms with Crippen LogP contribution < -0.4 is 0 Å². The first-order valence-electron chi connectivity index (χ1n) is 7.03. The first-order valence-corrected chi connectivity index (χ1v) is 7.03. The van der Waals surface area contributed by atoms with Gasteiger partial charge in [-0.25, -0.2) is 0 Å². The Labute approximate surface area is 100 Å². The second-order valence-electron chi connectivity index (χ2n) is 5.49. The highest BCUT2D eigenvalue weighted by Gasteiger charge is 2.28. The van der Waals surface area contributed by atoms with Crippen LogP contribution in [-0.2, 0) is 0 Å². The minimum atomic E-state index is -0.348. The van der Waals surface area contributed by atoms with Crippen LogP contribution in [0, 0.1) is 5.92 Å². The molecule has 96 valence electrons. The van der Waals surface area contributed by atoms with E-state index < -0.39 is 0 Å². The standard InChI is InChI=1S/C14H28O2/c1-2-13(12-15)8-4-7-11-14(16)9-5-3-6-10-14/h13,15-16H,2-12H2,1H3. The molecule has 0 aromatic heterocycles. The van der Waals surface area contributed by atoms with Gasteiger partial charge in [-0.2, -0.15) is 0 Å². The number of hydrogen-bond acceptors (Lipinski definition) is 2. The Balaban J connectivity index is 2.09. The van der Waals surface area contributed by atoms with E-state index in [-0.39, 0.29) is 5.60 Å². The third-order valence-corrected chi connectivity index (χ3v) is 4.12. The molecule has 0 radical (unpaired) electrons. The third-order valence-electron chi connectivity index (χ3n) is 4.12. The fourth-order valence-electron chi connectivity index (χ4n) is 2.77. The molecule has 0 amide bonds. The average Bonchev–Trinajstić information content (AvgIpc) is 2.30. The van der Waals surface area contributed by atoms with Gasteiger partial charge in [0.2, 0.25) is 0 Å². The topological polar surface area (TPSA) is 40.5 Å². The average molecular weight is 228 g/mol. The summed E-state index contributed by atoms with van der Waals surface area (Å²) < 4.78 is 0. The molecule has 2 nitrogen and oxygen atoms in total. The first-order chi connectivity index (χ1) is 7.70. The summed E-state index contributed by atoms with van der Waals surface area (Å²) in [4.78, 5) is 0. The van der Waals surface area contributed by atoms with E-state index in [0.29, 0.717) is 12.5 Å². The van der Waals surface area contributed by atoms with Gasteiger partial charge in [0.1, 0.15) is 0 Å². The van der Waals surface area contributed by atoms with Crippen LogP contribution in [0.2, 0.25) is 0 Å². The Morgan fingerprint density at radius 1 is 1.12 bits per heavy atom. The Morgan fingerprint density at radius 2 is 1.81 bits per heavy atom. The predicted octanol–water partition coefficient (Wildman–Crippen LogP) is 3.26. The molecule has 0 aromatic rings. The lowest BCUT2D eigenvalue weighted by Crippen LogP contribution is -2.31. The highest BCUT2D eigenvalue weighted by Crippen LogP contribution is 2.32. The van der Waals surface area contributed by atoms with Crippen LogP contribution in [0.3, 0.4) is 0 Å². The van der Waals surface area contributed by atoms with Gasteiger partial charge >= 0.3 is 0 Å². The Hall–Kier alpha value is -0.0800. The summed E-state index contributed by atoms with van der Waals surface area (Å²) in [6, 6.07) is 0. The molecule has 0 aliphatic heterocycles. The zero-order valence-corrected chi connectivity index (χ0v) is 10.7. The lowest BCUT2D eigenvalue weighted by Gasteiger charge is -2.32. The summed E-state index contributed by atoms with van der Waals surface area (Å²) in [6.45, 7) is 2.45. The zero-order valence-electron chi connectivity index (χ0n) is 10.7. The predicted molar refractivity (Wildman–Crippen MR) is 67.4 cm³/mol. The van der Waals surface area contributed by atoms with Crippen molar-refractivity contribution in [2.75, 3.05) is 6.61 Å². The van der Waals surface area contributed by atoms with Crippen LogP contribution in [0.25, 0.3) is 0 Å². The molecule has 2 heteroatoms. The number of rotatable bonds is 7. The molecular weight excluding hydrogens is 200 g/mol. The smallest absolute Gasteiger partial charge is 0.0647 e. The van der Waals surface area contributed by atoms with E-state index in [9.17, 15) is 5.11 Å². The number of hydrogen-bond donors (Lipinski definition) is 2. The monoisotopic (exact) mass is 228 g/mol. The Bertz CT molecular complexity index is 170. The van der Waals surface area contributed by atoms with Crippen LogP contribution >= 0.6 is 0 Å². The molecule has 0 saturated heterocycles. The molecular formula is C14H28O2. The Kier molecular flexibility index (Phi) is 6.37. The molecule has 16 heavy (non-hydrogen) atoms. The summed E-state index contributed by atoms with van der Waals surface area (Å²) in [5.74, 6) is 0.473. The van der Waals surface area contributed by atoms with Gasteiger partial charge in [0.25, 0.3) is 0 Å². The molecule has 1 atom stereocenters. The van der Waals surface area contributed by atoms with Crippen molar-refractivity contribution in [3.05, 3.63) is 0 Å². The lowest BCUT2D eigenvalue weighted by atomic mass is 9.81. The summed E-state index contributed by atoms with van der Waals surface area (Å²) in [7, 11) is 0. The van der Waals surface area contributed by atoms with E-state index >= 15 is 0 Å². The van der Waals surface area contributed by atoms with Crippen molar-refractivity contribution in [3.8, 4) is 0 Å². The highest BCUT2D eigenvalue weighted by molar-refractivity contribution is 4.81. The van der Waals surface area contributed by atoms with Crippen molar-refractivity contribution < 1.29 is 10.2 Å². The van der Waals surface area contributed by atoms with Gasteiger partial charge in [0.05, 0.1) is 5.60 Å². The third kappa shape index (κ3) is 4.84. The van der Waals surface area contributed by atoms with Gasteiger partial charge in [0, 0.05) is 6.61 Å². The van der Waals surface area contributed by atoms with Crippen molar-refractivity contribution >= 4 is 0 Å². The van der Waals surface area contributed by atoms with Gasteiger partial charge in [-0.15, -0.1) is 0 Å². The minimum absolute atomic E-state index is 0.320. The molecule has 1 saturated carbocycles. The number of aliphatic hydroxyl groups excluding tert-OH is 1. The van der Waals surface area contributed by atoms with Crippen molar-refractivity contribution in [2.24, 2.45) is 5.92 Å². The molecule has 1 aliphatic carbocycles. The minimum Gasteiger partial charge on any atom is -0.396 e. The molecule has 1 rings (SSSR count).